The van der Waals surface area contributed by atoms with E-state index in [1.54, 1.807) is 0 Å². The molecule has 1 aromatic carbocycles. The molecule has 5 nitrogen and oxygen atoms in total. The van der Waals surface area contributed by atoms with Gasteiger partial charge in [0.25, 0.3) is 0 Å². The van der Waals surface area contributed by atoms with Crippen molar-refractivity contribution in [3.63, 3.8) is 0 Å². The molecule has 0 fully saturated rings. The number of nitrogens with one attached hydrogen (secondary N) is 2. The zero-order valence-electron chi connectivity index (χ0n) is 10.9. The maximum absolute atomic E-state index is 11.9. The highest BCUT2D eigenvalue weighted by Gasteiger charge is 2.12. The molecule has 0 atom stereocenters. The standard InChI is InChI=1S/C14H16N2O3S/c17-14-9-8-13(11-15-14)20(18,19)16-10-4-7-12-5-2-1-3-6-12/h1-3,5-6,8-9,11,16H,4,7,10H2,(H,15,17). The van der Waals surface area contributed by atoms with Crippen LogP contribution in [-0.4, -0.2) is 19.9 Å². The normalized spacial score (nSPS) is 11.4. The molecular formula is C14H16N2O3S. The van der Waals surface area contributed by atoms with Gasteiger partial charge >= 0.3 is 0 Å². The summed E-state index contributed by atoms with van der Waals surface area (Å²) >= 11 is 0. The Morgan fingerprint density at radius 1 is 1.05 bits per heavy atom. The fraction of sp³-hybridized carbons (Fsp3) is 0.214. The summed E-state index contributed by atoms with van der Waals surface area (Å²) in [4.78, 5) is 13.3. The quantitative estimate of drug-likeness (QED) is 0.787. The van der Waals surface area contributed by atoms with Crippen molar-refractivity contribution in [2.45, 2.75) is 17.7 Å². The molecule has 6 heteroatoms. The largest absolute Gasteiger partial charge is 0.328 e. The topological polar surface area (TPSA) is 79.0 Å². The maximum Gasteiger partial charge on any atom is 0.247 e. The molecule has 0 amide bonds. The second kappa shape index (κ2) is 6.49. The molecule has 1 aromatic heterocycles. The van der Waals surface area contributed by atoms with Crippen molar-refractivity contribution in [1.82, 2.24) is 9.71 Å². The average molecular weight is 292 g/mol. The van der Waals surface area contributed by atoms with Crippen LogP contribution in [0.5, 0.6) is 0 Å². The number of rotatable bonds is 6. The highest BCUT2D eigenvalue weighted by molar-refractivity contribution is 7.89. The van der Waals surface area contributed by atoms with Crippen LogP contribution in [0, 0.1) is 0 Å². The summed E-state index contributed by atoms with van der Waals surface area (Å²) < 4.78 is 26.4. The third-order valence-electron chi connectivity index (χ3n) is 2.84. The lowest BCUT2D eigenvalue weighted by Gasteiger charge is -2.06. The van der Waals surface area contributed by atoms with Gasteiger partial charge in [0.1, 0.15) is 0 Å². The summed E-state index contributed by atoms with van der Waals surface area (Å²) in [7, 11) is -3.55. The van der Waals surface area contributed by atoms with Crippen LogP contribution >= 0.6 is 0 Å². The Morgan fingerprint density at radius 2 is 1.80 bits per heavy atom. The fourth-order valence-electron chi connectivity index (χ4n) is 1.79. The lowest BCUT2D eigenvalue weighted by molar-refractivity contribution is 0.578. The SMILES string of the molecule is O=c1ccc(S(=O)(=O)NCCCc2ccccc2)c[nH]1. The number of aromatic nitrogens is 1. The molecule has 0 saturated heterocycles. The van der Waals surface area contributed by atoms with Crippen LogP contribution < -0.4 is 10.3 Å². The van der Waals surface area contributed by atoms with Gasteiger partial charge in [0, 0.05) is 18.8 Å². The molecule has 0 saturated carbocycles. The van der Waals surface area contributed by atoms with E-state index in [-0.39, 0.29) is 10.5 Å². The molecule has 0 radical (unpaired) electrons. The average Bonchev–Trinajstić information content (AvgIpc) is 2.45. The van der Waals surface area contributed by atoms with Crippen LogP contribution in [0.4, 0.5) is 0 Å². The number of sulfonamides is 1. The predicted octanol–water partition coefficient (Wildman–Crippen LogP) is 1.29. The predicted molar refractivity (Wildman–Crippen MR) is 77.0 cm³/mol. The number of aromatic amines is 1. The van der Waals surface area contributed by atoms with Crippen LogP contribution in [0.3, 0.4) is 0 Å². The van der Waals surface area contributed by atoms with E-state index in [2.05, 4.69) is 9.71 Å². The number of pyridine rings is 1. The number of hydrogen-bond acceptors (Lipinski definition) is 3. The third-order valence-corrected chi connectivity index (χ3v) is 4.30. The zero-order valence-corrected chi connectivity index (χ0v) is 11.7. The second-order valence-electron chi connectivity index (χ2n) is 4.38. The molecule has 0 unspecified atom stereocenters. The molecular weight excluding hydrogens is 276 g/mol. The summed E-state index contributed by atoms with van der Waals surface area (Å²) in [6.45, 7) is 0.357. The van der Waals surface area contributed by atoms with E-state index in [0.29, 0.717) is 13.0 Å². The van der Waals surface area contributed by atoms with E-state index in [9.17, 15) is 13.2 Å². The summed E-state index contributed by atoms with van der Waals surface area (Å²) in [5.41, 5.74) is 0.851. The molecule has 106 valence electrons. The summed E-state index contributed by atoms with van der Waals surface area (Å²) in [5, 5.41) is 0. The minimum atomic E-state index is -3.55. The first kappa shape index (κ1) is 14.5. The molecule has 0 aliphatic carbocycles. The van der Waals surface area contributed by atoms with Crippen LogP contribution in [0.2, 0.25) is 0 Å². The van der Waals surface area contributed by atoms with Crippen molar-refractivity contribution in [2.75, 3.05) is 6.54 Å². The number of hydrogen-bond donors (Lipinski definition) is 2. The van der Waals surface area contributed by atoms with Gasteiger partial charge in [0.05, 0.1) is 4.90 Å². The molecule has 2 N–H and O–H groups in total. The monoisotopic (exact) mass is 292 g/mol. The summed E-state index contributed by atoms with van der Waals surface area (Å²) in [6, 6.07) is 12.4. The highest BCUT2D eigenvalue weighted by atomic mass is 32.2. The molecule has 1 heterocycles. The first-order valence-corrected chi connectivity index (χ1v) is 7.78. The van der Waals surface area contributed by atoms with Gasteiger partial charge < -0.3 is 4.98 Å². The Morgan fingerprint density at radius 3 is 2.45 bits per heavy atom. The fourth-order valence-corrected chi connectivity index (χ4v) is 2.83. The first-order valence-electron chi connectivity index (χ1n) is 6.30. The molecule has 2 rings (SSSR count). The van der Waals surface area contributed by atoms with Gasteiger partial charge in [-0.15, -0.1) is 0 Å². The van der Waals surface area contributed by atoms with Crippen molar-refractivity contribution in [3.8, 4) is 0 Å². The Kier molecular flexibility index (Phi) is 4.70. The van der Waals surface area contributed by atoms with E-state index in [0.717, 1.165) is 6.42 Å². The van der Waals surface area contributed by atoms with Gasteiger partial charge in [-0.25, -0.2) is 13.1 Å². The summed E-state index contributed by atoms with van der Waals surface area (Å²) in [5.74, 6) is 0. The van der Waals surface area contributed by atoms with Crippen LogP contribution in [-0.2, 0) is 16.4 Å². The number of H-pyrrole nitrogens is 1. The highest BCUT2D eigenvalue weighted by Crippen LogP contribution is 2.05. The lowest BCUT2D eigenvalue weighted by atomic mass is 10.1. The van der Waals surface area contributed by atoms with E-state index in [1.807, 2.05) is 30.3 Å². The Bertz CT molecular complexity index is 688. The maximum atomic E-state index is 11.9. The van der Waals surface area contributed by atoms with E-state index >= 15 is 0 Å². The van der Waals surface area contributed by atoms with Crippen molar-refractivity contribution in [3.05, 3.63) is 64.6 Å². The smallest absolute Gasteiger partial charge is 0.247 e. The van der Waals surface area contributed by atoms with E-state index in [4.69, 9.17) is 0 Å². The van der Waals surface area contributed by atoms with Crippen LogP contribution in [0.1, 0.15) is 12.0 Å². The third kappa shape index (κ3) is 4.04. The lowest BCUT2D eigenvalue weighted by Crippen LogP contribution is -2.25. The molecule has 0 aliphatic heterocycles. The van der Waals surface area contributed by atoms with Gasteiger partial charge in [-0.1, -0.05) is 30.3 Å². The van der Waals surface area contributed by atoms with Crippen molar-refractivity contribution in [1.29, 1.82) is 0 Å². The van der Waals surface area contributed by atoms with Gasteiger partial charge in [-0.05, 0) is 24.5 Å². The Labute approximate surface area is 117 Å². The molecule has 0 bridgehead atoms. The number of benzene rings is 1. The van der Waals surface area contributed by atoms with Crippen molar-refractivity contribution >= 4 is 10.0 Å². The van der Waals surface area contributed by atoms with Gasteiger partial charge in [-0.2, -0.15) is 0 Å². The van der Waals surface area contributed by atoms with E-state index < -0.39 is 10.0 Å². The van der Waals surface area contributed by atoms with Gasteiger partial charge in [-0.3, -0.25) is 4.79 Å². The minimum Gasteiger partial charge on any atom is -0.328 e. The van der Waals surface area contributed by atoms with E-state index in [1.165, 1.54) is 23.9 Å². The minimum absolute atomic E-state index is 0.0665. The van der Waals surface area contributed by atoms with Gasteiger partial charge in [0.15, 0.2) is 0 Å². The van der Waals surface area contributed by atoms with Crippen molar-refractivity contribution < 1.29 is 8.42 Å². The first-order chi connectivity index (χ1) is 9.58. The molecule has 2 aromatic rings. The summed E-state index contributed by atoms with van der Waals surface area (Å²) in [6.07, 6.45) is 2.73. The molecule has 0 spiro atoms. The van der Waals surface area contributed by atoms with Crippen LogP contribution in [0.15, 0.2) is 58.4 Å². The Hall–Kier alpha value is -1.92. The zero-order chi connectivity index (χ0) is 14.4. The Balaban J connectivity index is 1.87. The second-order valence-corrected chi connectivity index (χ2v) is 6.14. The van der Waals surface area contributed by atoms with Crippen molar-refractivity contribution in [2.24, 2.45) is 0 Å². The molecule has 20 heavy (non-hydrogen) atoms. The number of aryl methyl sites for hydroxylation is 1. The molecule has 0 aliphatic rings. The van der Waals surface area contributed by atoms with Crippen LogP contribution in [0.25, 0.3) is 0 Å². The van der Waals surface area contributed by atoms with Gasteiger partial charge in [0.2, 0.25) is 15.6 Å².